The maximum atomic E-state index is 12.3. The van der Waals surface area contributed by atoms with Crippen molar-refractivity contribution in [1.82, 2.24) is 4.90 Å². The van der Waals surface area contributed by atoms with Crippen LogP contribution in [0, 0.1) is 0 Å². The molecule has 1 atom stereocenters. The van der Waals surface area contributed by atoms with Crippen molar-refractivity contribution in [3.63, 3.8) is 0 Å². The Morgan fingerprint density at radius 3 is 2.95 bits per heavy atom. The van der Waals surface area contributed by atoms with Crippen LogP contribution in [0.4, 0.5) is 5.69 Å². The lowest BCUT2D eigenvalue weighted by molar-refractivity contribution is -0.145. The third kappa shape index (κ3) is 3.71. The number of ether oxygens (including phenoxy) is 1. The highest BCUT2D eigenvalue weighted by atomic mass is 16.5. The SMILES string of the molecule is Nc1cccc(CC(=O)N2CCOCC2CC(=O)O)c1. The summed E-state index contributed by atoms with van der Waals surface area (Å²) >= 11 is 0. The van der Waals surface area contributed by atoms with Crippen LogP contribution >= 0.6 is 0 Å². The van der Waals surface area contributed by atoms with Gasteiger partial charge >= 0.3 is 5.97 Å². The zero-order valence-electron chi connectivity index (χ0n) is 11.1. The predicted octanol–water partition coefficient (Wildman–Crippen LogP) is 0.513. The van der Waals surface area contributed by atoms with Crippen molar-refractivity contribution in [2.45, 2.75) is 18.9 Å². The van der Waals surface area contributed by atoms with E-state index < -0.39 is 12.0 Å². The molecule has 1 fully saturated rings. The minimum absolute atomic E-state index is 0.0925. The number of carbonyl (C=O) groups is 2. The fourth-order valence-electron chi connectivity index (χ4n) is 2.33. The molecular formula is C14H18N2O4. The van der Waals surface area contributed by atoms with E-state index in [-0.39, 0.29) is 25.4 Å². The Labute approximate surface area is 117 Å². The van der Waals surface area contributed by atoms with E-state index in [0.29, 0.717) is 18.8 Å². The number of amides is 1. The predicted molar refractivity (Wildman–Crippen MR) is 73.1 cm³/mol. The molecule has 0 aliphatic carbocycles. The first kappa shape index (κ1) is 14.3. The molecule has 0 radical (unpaired) electrons. The molecule has 1 unspecified atom stereocenters. The summed E-state index contributed by atoms with van der Waals surface area (Å²) in [7, 11) is 0. The topological polar surface area (TPSA) is 92.9 Å². The fraction of sp³-hybridized carbons (Fsp3) is 0.429. The largest absolute Gasteiger partial charge is 0.481 e. The van der Waals surface area contributed by atoms with Gasteiger partial charge in [-0.15, -0.1) is 0 Å². The van der Waals surface area contributed by atoms with Gasteiger partial charge in [0.15, 0.2) is 0 Å². The lowest BCUT2D eigenvalue weighted by Crippen LogP contribution is -2.50. The van der Waals surface area contributed by atoms with Crippen LogP contribution in [0.25, 0.3) is 0 Å². The summed E-state index contributed by atoms with van der Waals surface area (Å²) in [5.41, 5.74) is 7.12. The molecule has 3 N–H and O–H groups in total. The summed E-state index contributed by atoms with van der Waals surface area (Å²) in [5, 5.41) is 8.88. The molecule has 1 heterocycles. The van der Waals surface area contributed by atoms with Crippen LogP contribution in [0.15, 0.2) is 24.3 Å². The van der Waals surface area contributed by atoms with E-state index >= 15 is 0 Å². The van der Waals surface area contributed by atoms with Gasteiger partial charge in [-0.25, -0.2) is 0 Å². The van der Waals surface area contributed by atoms with Crippen molar-refractivity contribution in [2.24, 2.45) is 0 Å². The lowest BCUT2D eigenvalue weighted by atomic mass is 10.1. The highest BCUT2D eigenvalue weighted by Crippen LogP contribution is 2.14. The fourth-order valence-corrected chi connectivity index (χ4v) is 2.33. The van der Waals surface area contributed by atoms with Gasteiger partial charge in [0.25, 0.3) is 0 Å². The standard InChI is InChI=1S/C14H18N2O4/c15-11-3-1-2-10(6-11)7-13(17)16-4-5-20-9-12(16)8-14(18)19/h1-3,6,12H,4-5,7-9,15H2,(H,18,19). The Kier molecular flexibility index (Phi) is 4.57. The van der Waals surface area contributed by atoms with Crippen LogP contribution in [0.1, 0.15) is 12.0 Å². The lowest BCUT2D eigenvalue weighted by Gasteiger charge is -2.35. The summed E-state index contributed by atoms with van der Waals surface area (Å²) in [6.07, 6.45) is 0.129. The monoisotopic (exact) mass is 278 g/mol. The molecule has 0 spiro atoms. The summed E-state index contributed by atoms with van der Waals surface area (Å²) in [6, 6.07) is 6.75. The zero-order chi connectivity index (χ0) is 14.5. The average Bonchev–Trinajstić information content (AvgIpc) is 2.38. The third-order valence-electron chi connectivity index (χ3n) is 3.26. The number of carboxylic acids is 1. The van der Waals surface area contributed by atoms with E-state index in [2.05, 4.69) is 0 Å². The summed E-state index contributed by atoms with van der Waals surface area (Å²) in [5.74, 6) is -1.02. The Morgan fingerprint density at radius 1 is 1.45 bits per heavy atom. The number of rotatable bonds is 4. The molecule has 0 aromatic heterocycles. The van der Waals surface area contributed by atoms with Gasteiger partial charge in [0.2, 0.25) is 5.91 Å². The van der Waals surface area contributed by atoms with E-state index in [1.807, 2.05) is 6.07 Å². The van der Waals surface area contributed by atoms with E-state index in [9.17, 15) is 9.59 Å². The summed E-state index contributed by atoms with van der Waals surface area (Å²) in [6.45, 7) is 1.15. The number of aliphatic carboxylic acids is 1. The Hall–Kier alpha value is -2.08. The van der Waals surface area contributed by atoms with Gasteiger partial charge in [-0.05, 0) is 17.7 Å². The molecule has 20 heavy (non-hydrogen) atoms. The molecule has 108 valence electrons. The Morgan fingerprint density at radius 2 is 2.25 bits per heavy atom. The average molecular weight is 278 g/mol. The molecule has 1 amide bonds. The van der Waals surface area contributed by atoms with Gasteiger partial charge in [0.05, 0.1) is 32.1 Å². The van der Waals surface area contributed by atoms with Gasteiger partial charge in [-0.1, -0.05) is 12.1 Å². The smallest absolute Gasteiger partial charge is 0.305 e. The van der Waals surface area contributed by atoms with E-state index in [1.54, 1.807) is 23.1 Å². The second kappa shape index (κ2) is 6.38. The number of carboxylic acid groups (broad SMARTS) is 1. The van der Waals surface area contributed by atoms with Crippen molar-refractivity contribution in [1.29, 1.82) is 0 Å². The number of carbonyl (C=O) groups excluding carboxylic acids is 1. The Bertz CT molecular complexity index is 504. The van der Waals surface area contributed by atoms with Crippen LogP contribution in [0.3, 0.4) is 0 Å². The van der Waals surface area contributed by atoms with Gasteiger partial charge in [0, 0.05) is 12.2 Å². The molecule has 0 bridgehead atoms. The van der Waals surface area contributed by atoms with E-state index in [4.69, 9.17) is 15.6 Å². The van der Waals surface area contributed by atoms with Crippen LogP contribution in [-0.4, -0.2) is 47.7 Å². The molecule has 2 rings (SSSR count). The second-order valence-corrected chi connectivity index (χ2v) is 4.84. The maximum Gasteiger partial charge on any atom is 0.305 e. The van der Waals surface area contributed by atoms with Crippen LogP contribution in [-0.2, 0) is 20.7 Å². The van der Waals surface area contributed by atoms with E-state index in [0.717, 1.165) is 5.56 Å². The number of benzene rings is 1. The number of anilines is 1. The van der Waals surface area contributed by atoms with Gasteiger partial charge in [-0.3, -0.25) is 9.59 Å². The van der Waals surface area contributed by atoms with Gasteiger partial charge < -0.3 is 20.5 Å². The minimum Gasteiger partial charge on any atom is -0.481 e. The second-order valence-electron chi connectivity index (χ2n) is 4.84. The quantitative estimate of drug-likeness (QED) is 0.783. The van der Waals surface area contributed by atoms with Crippen LogP contribution < -0.4 is 5.73 Å². The normalized spacial score (nSPS) is 18.8. The molecular weight excluding hydrogens is 260 g/mol. The van der Waals surface area contributed by atoms with Crippen molar-refractivity contribution >= 4 is 17.6 Å². The van der Waals surface area contributed by atoms with Crippen molar-refractivity contribution < 1.29 is 19.4 Å². The molecule has 6 heteroatoms. The van der Waals surface area contributed by atoms with Gasteiger partial charge in [-0.2, -0.15) is 0 Å². The number of hydrogen-bond donors (Lipinski definition) is 2. The van der Waals surface area contributed by atoms with Crippen molar-refractivity contribution in [2.75, 3.05) is 25.5 Å². The molecule has 6 nitrogen and oxygen atoms in total. The molecule has 1 aromatic carbocycles. The first-order chi connectivity index (χ1) is 9.56. The van der Waals surface area contributed by atoms with Crippen molar-refractivity contribution in [3.05, 3.63) is 29.8 Å². The third-order valence-corrected chi connectivity index (χ3v) is 3.26. The number of nitrogens with two attached hydrogens (primary N) is 1. The van der Waals surface area contributed by atoms with Gasteiger partial charge in [0.1, 0.15) is 0 Å². The number of nitrogens with zero attached hydrogens (tertiary/aromatic N) is 1. The molecule has 0 saturated carbocycles. The number of hydrogen-bond acceptors (Lipinski definition) is 4. The minimum atomic E-state index is -0.928. The molecule has 1 saturated heterocycles. The van der Waals surface area contributed by atoms with Crippen molar-refractivity contribution in [3.8, 4) is 0 Å². The first-order valence-corrected chi connectivity index (χ1v) is 6.49. The van der Waals surface area contributed by atoms with Crippen LogP contribution in [0.5, 0.6) is 0 Å². The number of morpholine rings is 1. The number of nitrogen functional groups attached to an aromatic ring is 1. The highest BCUT2D eigenvalue weighted by Gasteiger charge is 2.28. The first-order valence-electron chi connectivity index (χ1n) is 6.49. The maximum absolute atomic E-state index is 12.3. The zero-order valence-corrected chi connectivity index (χ0v) is 11.1. The molecule has 1 aliphatic rings. The summed E-state index contributed by atoms with van der Waals surface area (Å²) in [4.78, 5) is 24.7. The van der Waals surface area contributed by atoms with Crippen LogP contribution in [0.2, 0.25) is 0 Å². The Balaban J connectivity index is 2.04. The molecule has 1 aromatic rings. The molecule has 1 aliphatic heterocycles. The summed E-state index contributed by atoms with van der Waals surface area (Å²) < 4.78 is 5.26. The highest BCUT2D eigenvalue weighted by molar-refractivity contribution is 5.80. The van der Waals surface area contributed by atoms with E-state index in [1.165, 1.54) is 0 Å².